The van der Waals surface area contributed by atoms with Crippen LogP contribution in [0.2, 0.25) is 0 Å². The van der Waals surface area contributed by atoms with E-state index < -0.39 is 0 Å². The Morgan fingerprint density at radius 1 is 1.32 bits per heavy atom. The van der Waals surface area contributed by atoms with Gasteiger partial charge in [0.1, 0.15) is 17.3 Å². The highest BCUT2D eigenvalue weighted by molar-refractivity contribution is 5.97. The Morgan fingerprint density at radius 2 is 2.18 bits per heavy atom. The first-order valence-electron chi connectivity index (χ1n) is 9.29. The highest BCUT2D eigenvalue weighted by atomic mass is 16.5. The van der Waals surface area contributed by atoms with Crippen LogP contribution in [0.25, 0.3) is 11.0 Å². The first-order valence-corrected chi connectivity index (χ1v) is 9.29. The predicted octanol–water partition coefficient (Wildman–Crippen LogP) is 1.81. The first-order chi connectivity index (χ1) is 13.6. The first kappa shape index (κ1) is 18.1. The third-order valence-corrected chi connectivity index (χ3v) is 4.89. The molecule has 1 saturated heterocycles. The number of carbonyl (C=O) groups is 1. The number of likely N-dealkylation sites (tertiary alicyclic amines) is 1. The minimum Gasteiger partial charge on any atom is -0.471 e. The van der Waals surface area contributed by atoms with Crippen LogP contribution >= 0.6 is 0 Å². The van der Waals surface area contributed by atoms with E-state index in [2.05, 4.69) is 15.0 Å². The number of hydrogen-bond donors (Lipinski definition) is 0. The fourth-order valence-electron chi connectivity index (χ4n) is 3.45. The summed E-state index contributed by atoms with van der Waals surface area (Å²) in [6, 6.07) is 3.53. The zero-order chi connectivity index (χ0) is 19.7. The summed E-state index contributed by atoms with van der Waals surface area (Å²) in [4.78, 5) is 40.2. The van der Waals surface area contributed by atoms with Gasteiger partial charge in [0, 0.05) is 43.8 Å². The van der Waals surface area contributed by atoms with E-state index in [1.807, 2.05) is 18.4 Å². The van der Waals surface area contributed by atoms with Gasteiger partial charge < -0.3 is 14.2 Å². The van der Waals surface area contributed by atoms with E-state index in [0.717, 1.165) is 5.69 Å². The molecule has 3 aromatic rings. The lowest BCUT2D eigenvalue weighted by Crippen LogP contribution is -2.34. The molecule has 1 amide bonds. The van der Waals surface area contributed by atoms with Crippen molar-refractivity contribution in [3.63, 3.8) is 0 Å². The number of aromatic nitrogens is 4. The molecule has 0 aliphatic carbocycles. The van der Waals surface area contributed by atoms with Crippen molar-refractivity contribution >= 4 is 16.9 Å². The van der Waals surface area contributed by atoms with Gasteiger partial charge in [-0.1, -0.05) is 0 Å². The zero-order valence-electron chi connectivity index (χ0n) is 15.8. The smallest absolute Gasteiger partial charge is 0.259 e. The minimum atomic E-state index is -0.282. The second-order valence-electron chi connectivity index (χ2n) is 6.81. The van der Waals surface area contributed by atoms with Crippen molar-refractivity contribution in [1.29, 1.82) is 0 Å². The summed E-state index contributed by atoms with van der Waals surface area (Å²) in [6.45, 7) is 5.39. The van der Waals surface area contributed by atoms with Crippen LogP contribution < -0.4 is 10.2 Å². The molecule has 1 aliphatic rings. The molecule has 0 N–H and O–H groups in total. The molecular weight excluding hydrogens is 358 g/mol. The lowest BCUT2D eigenvalue weighted by atomic mass is 10.1. The van der Waals surface area contributed by atoms with E-state index in [1.54, 1.807) is 41.8 Å². The van der Waals surface area contributed by atoms with Crippen molar-refractivity contribution in [1.82, 2.24) is 24.4 Å². The standard InChI is InChI=1S/C20H21N5O3/c1-3-24-12-16(18(26)15-5-4-13(2)23-19(15)24)20(27)25-9-6-14(11-25)28-17-10-21-7-8-22-17/h4-5,7-8,10,12,14H,3,6,9,11H2,1-2H3/t14-/m1/s1. The van der Waals surface area contributed by atoms with Crippen LogP contribution in [0, 0.1) is 6.92 Å². The fourth-order valence-corrected chi connectivity index (χ4v) is 3.45. The molecule has 0 unspecified atom stereocenters. The zero-order valence-corrected chi connectivity index (χ0v) is 15.8. The molecule has 8 heteroatoms. The third kappa shape index (κ3) is 3.33. The maximum atomic E-state index is 13.1. The normalized spacial score (nSPS) is 16.5. The number of fused-ring (bicyclic) bond motifs is 1. The lowest BCUT2D eigenvalue weighted by Gasteiger charge is -2.18. The Hall–Kier alpha value is -3.29. The molecule has 28 heavy (non-hydrogen) atoms. The highest BCUT2D eigenvalue weighted by Gasteiger charge is 2.30. The molecular formula is C20H21N5O3. The van der Waals surface area contributed by atoms with Crippen molar-refractivity contribution in [3.8, 4) is 5.88 Å². The van der Waals surface area contributed by atoms with Gasteiger partial charge >= 0.3 is 0 Å². The molecule has 1 fully saturated rings. The molecule has 0 spiro atoms. The van der Waals surface area contributed by atoms with Crippen molar-refractivity contribution in [2.75, 3.05) is 13.1 Å². The molecule has 3 aromatic heterocycles. The predicted molar refractivity (Wildman–Crippen MR) is 103 cm³/mol. The maximum Gasteiger partial charge on any atom is 0.259 e. The Bertz CT molecular complexity index is 1080. The van der Waals surface area contributed by atoms with Crippen molar-refractivity contribution in [2.24, 2.45) is 0 Å². The van der Waals surface area contributed by atoms with Gasteiger partial charge in [0.2, 0.25) is 11.3 Å². The van der Waals surface area contributed by atoms with E-state index in [9.17, 15) is 9.59 Å². The molecule has 0 radical (unpaired) electrons. The molecule has 4 heterocycles. The van der Waals surface area contributed by atoms with Gasteiger partial charge in [-0.15, -0.1) is 0 Å². The average Bonchev–Trinajstić information content (AvgIpc) is 3.17. The summed E-state index contributed by atoms with van der Waals surface area (Å²) in [5, 5.41) is 0.463. The molecule has 1 aliphatic heterocycles. The SMILES string of the molecule is CCn1cc(C(=O)N2CC[C@@H](Oc3cnccn3)C2)c(=O)c2ccc(C)nc21. The molecule has 4 rings (SSSR count). The van der Waals surface area contributed by atoms with E-state index in [-0.39, 0.29) is 23.0 Å². The van der Waals surface area contributed by atoms with Crippen LogP contribution in [0.5, 0.6) is 5.88 Å². The van der Waals surface area contributed by atoms with Crippen LogP contribution in [0.15, 0.2) is 41.7 Å². The van der Waals surface area contributed by atoms with Gasteiger partial charge in [0.05, 0.1) is 18.1 Å². The summed E-state index contributed by atoms with van der Waals surface area (Å²) < 4.78 is 7.64. The quantitative estimate of drug-likeness (QED) is 0.687. The van der Waals surface area contributed by atoms with Gasteiger partial charge in [-0.25, -0.2) is 9.97 Å². The second kappa shape index (κ2) is 7.38. The molecule has 144 valence electrons. The summed E-state index contributed by atoms with van der Waals surface area (Å²) in [6.07, 6.45) is 6.81. The van der Waals surface area contributed by atoms with Crippen LogP contribution in [0.1, 0.15) is 29.4 Å². The molecule has 1 atom stereocenters. The molecule has 0 aromatic carbocycles. The number of rotatable bonds is 4. The Morgan fingerprint density at radius 3 is 2.93 bits per heavy atom. The summed E-state index contributed by atoms with van der Waals surface area (Å²) >= 11 is 0. The van der Waals surface area contributed by atoms with Crippen molar-refractivity contribution in [2.45, 2.75) is 32.9 Å². The second-order valence-corrected chi connectivity index (χ2v) is 6.81. The largest absolute Gasteiger partial charge is 0.471 e. The lowest BCUT2D eigenvalue weighted by molar-refractivity contribution is 0.0769. The number of nitrogens with zero attached hydrogens (tertiary/aromatic N) is 5. The molecule has 8 nitrogen and oxygen atoms in total. The fraction of sp³-hybridized carbons (Fsp3) is 0.350. The Balaban J connectivity index is 1.60. The van der Waals surface area contributed by atoms with Crippen LogP contribution in [0.3, 0.4) is 0 Å². The van der Waals surface area contributed by atoms with Gasteiger partial charge in [-0.05, 0) is 26.0 Å². The number of amides is 1. The van der Waals surface area contributed by atoms with Gasteiger partial charge in [-0.3, -0.25) is 14.6 Å². The van der Waals surface area contributed by atoms with Gasteiger partial charge in [0.15, 0.2) is 0 Å². The van der Waals surface area contributed by atoms with Crippen molar-refractivity contribution < 1.29 is 9.53 Å². The average molecular weight is 379 g/mol. The van der Waals surface area contributed by atoms with Crippen molar-refractivity contribution in [3.05, 3.63) is 58.4 Å². The third-order valence-electron chi connectivity index (χ3n) is 4.89. The summed E-state index contributed by atoms with van der Waals surface area (Å²) in [5.41, 5.74) is 1.32. The van der Waals surface area contributed by atoms with E-state index in [1.165, 1.54) is 0 Å². The van der Waals surface area contributed by atoms with Gasteiger partial charge in [0.25, 0.3) is 5.91 Å². The number of hydrogen-bond acceptors (Lipinski definition) is 6. The van der Waals surface area contributed by atoms with Crippen LogP contribution in [-0.2, 0) is 6.54 Å². The number of aryl methyl sites for hydroxylation is 2. The van der Waals surface area contributed by atoms with E-state index in [4.69, 9.17) is 4.74 Å². The summed E-state index contributed by atoms with van der Waals surface area (Å²) in [5.74, 6) is 0.155. The van der Waals surface area contributed by atoms with Crippen LogP contribution in [-0.4, -0.2) is 49.5 Å². The number of carbonyl (C=O) groups excluding carboxylic acids is 1. The maximum absolute atomic E-state index is 13.1. The van der Waals surface area contributed by atoms with Gasteiger partial charge in [-0.2, -0.15) is 0 Å². The molecule has 0 saturated carbocycles. The summed E-state index contributed by atoms with van der Waals surface area (Å²) in [7, 11) is 0. The highest BCUT2D eigenvalue weighted by Crippen LogP contribution is 2.18. The number of ether oxygens (including phenoxy) is 1. The monoisotopic (exact) mass is 379 g/mol. The minimum absolute atomic E-state index is 0.167. The molecule has 0 bridgehead atoms. The van der Waals surface area contributed by atoms with E-state index >= 15 is 0 Å². The Labute approximate surface area is 161 Å². The number of pyridine rings is 2. The topological polar surface area (TPSA) is 90.2 Å². The Kier molecular flexibility index (Phi) is 4.77. The van der Waals surface area contributed by atoms with E-state index in [0.29, 0.717) is 43.0 Å². The van der Waals surface area contributed by atoms with Crippen LogP contribution in [0.4, 0.5) is 0 Å².